The van der Waals surface area contributed by atoms with Gasteiger partial charge in [-0.25, -0.2) is 0 Å². The first kappa shape index (κ1) is 16.3. The van der Waals surface area contributed by atoms with Gasteiger partial charge in [0.1, 0.15) is 17.3 Å². The largest absolute Gasteiger partial charge is 0.357 e. The van der Waals surface area contributed by atoms with E-state index in [4.69, 9.17) is 0 Å². The SMILES string of the molecule is Cn1c(CN2CCCC2)nnc1[C@H]1CCCN(C(=O)c2ccc[nH]2)C1. The van der Waals surface area contributed by atoms with Gasteiger partial charge in [0.15, 0.2) is 0 Å². The Balaban J connectivity index is 1.46. The van der Waals surface area contributed by atoms with Crippen molar-refractivity contribution in [2.45, 2.75) is 38.1 Å². The molecule has 4 heterocycles. The maximum absolute atomic E-state index is 12.6. The zero-order valence-corrected chi connectivity index (χ0v) is 14.8. The van der Waals surface area contributed by atoms with E-state index in [9.17, 15) is 4.79 Å². The number of carbonyl (C=O) groups is 1. The third kappa shape index (κ3) is 3.33. The van der Waals surface area contributed by atoms with Gasteiger partial charge in [-0.2, -0.15) is 0 Å². The van der Waals surface area contributed by atoms with E-state index in [1.807, 2.05) is 17.0 Å². The average Bonchev–Trinajstić information content (AvgIpc) is 3.38. The predicted octanol–water partition coefficient (Wildman–Crippen LogP) is 1.76. The molecule has 4 rings (SSSR count). The molecule has 1 amide bonds. The lowest BCUT2D eigenvalue weighted by molar-refractivity contribution is 0.0698. The highest BCUT2D eigenvalue weighted by Crippen LogP contribution is 2.27. The van der Waals surface area contributed by atoms with Crippen LogP contribution in [-0.2, 0) is 13.6 Å². The van der Waals surface area contributed by atoms with Gasteiger partial charge in [0.25, 0.3) is 5.91 Å². The summed E-state index contributed by atoms with van der Waals surface area (Å²) >= 11 is 0. The lowest BCUT2D eigenvalue weighted by Gasteiger charge is -2.32. The van der Waals surface area contributed by atoms with E-state index >= 15 is 0 Å². The Hall–Kier alpha value is -2.15. The molecule has 0 aliphatic carbocycles. The molecule has 1 N–H and O–H groups in total. The summed E-state index contributed by atoms with van der Waals surface area (Å²) in [7, 11) is 2.06. The number of likely N-dealkylation sites (tertiary alicyclic amines) is 2. The van der Waals surface area contributed by atoms with Crippen LogP contribution in [0, 0.1) is 0 Å². The van der Waals surface area contributed by atoms with Gasteiger partial charge in [-0.1, -0.05) is 0 Å². The van der Waals surface area contributed by atoms with Crippen molar-refractivity contribution >= 4 is 5.91 Å². The average molecular weight is 342 g/mol. The summed E-state index contributed by atoms with van der Waals surface area (Å²) < 4.78 is 2.14. The van der Waals surface area contributed by atoms with E-state index in [1.165, 1.54) is 12.8 Å². The molecule has 0 bridgehead atoms. The summed E-state index contributed by atoms with van der Waals surface area (Å²) in [5, 5.41) is 8.91. The zero-order valence-electron chi connectivity index (χ0n) is 14.8. The third-order valence-corrected chi connectivity index (χ3v) is 5.46. The van der Waals surface area contributed by atoms with Crippen molar-refractivity contribution in [2.75, 3.05) is 26.2 Å². The zero-order chi connectivity index (χ0) is 17.2. The monoisotopic (exact) mass is 342 g/mol. The molecule has 2 fully saturated rings. The molecule has 0 saturated carbocycles. The fraction of sp³-hybridized carbons (Fsp3) is 0.611. The van der Waals surface area contributed by atoms with Gasteiger partial charge in [-0.05, 0) is 50.9 Å². The van der Waals surface area contributed by atoms with E-state index in [-0.39, 0.29) is 11.8 Å². The van der Waals surface area contributed by atoms with Crippen molar-refractivity contribution < 1.29 is 4.79 Å². The number of nitrogens with zero attached hydrogens (tertiary/aromatic N) is 5. The minimum atomic E-state index is 0.0779. The highest BCUT2D eigenvalue weighted by atomic mass is 16.2. The maximum Gasteiger partial charge on any atom is 0.270 e. The molecule has 7 heteroatoms. The number of hydrogen-bond donors (Lipinski definition) is 1. The van der Waals surface area contributed by atoms with E-state index in [0.29, 0.717) is 12.2 Å². The first-order valence-corrected chi connectivity index (χ1v) is 9.25. The second-order valence-corrected chi connectivity index (χ2v) is 7.19. The second-order valence-electron chi connectivity index (χ2n) is 7.19. The van der Waals surface area contributed by atoms with Crippen LogP contribution < -0.4 is 0 Å². The molecule has 2 aliphatic rings. The van der Waals surface area contributed by atoms with Crippen molar-refractivity contribution in [1.29, 1.82) is 0 Å². The van der Waals surface area contributed by atoms with Gasteiger partial charge in [0.2, 0.25) is 0 Å². The van der Waals surface area contributed by atoms with Crippen LogP contribution in [0.3, 0.4) is 0 Å². The molecule has 2 aliphatic heterocycles. The van der Waals surface area contributed by atoms with Gasteiger partial charge in [-0.3, -0.25) is 9.69 Å². The molecule has 25 heavy (non-hydrogen) atoms. The first-order valence-electron chi connectivity index (χ1n) is 9.25. The number of amides is 1. The predicted molar refractivity (Wildman–Crippen MR) is 94.2 cm³/mol. The van der Waals surface area contributed by atoms with Crippen LogP contribution in [0.15, 0.2) is 18.3 Å². The molecule has 2 aromatic rings. The Kier molecular flexibility index (Phi) is 4.57. The summed E-state index contributed by atoms with van der Waals surface area (Å²) in [5.41, 5.74) is 0.660. The topological polar surface area (TPSA) is 70.1 Å². The highest BCUT2D eigenvalue weighted by Gasteiger charge is 2.29. The molecule has 7 nitrogen and oxygen atoms in total. The minimum absolute atomic E-state index is 0.0779. The lowest BCUT2D eigenvalue weighted by Crippen LogP contribution is -2.39. The van der Waals surface area contributed by atoms with Crippen LogP contribution in [0.2, 0.25) is 0 Å². The molecule has 1 atom stereocenters. The number of hydrogen-bond acceptors (Lipinski definition) is 4. The van der Waals surface area contributed by atoms with Gasteiger partial charge < -0.3 is 14.5 Å². The van der Waals surface area contributed by atoms with Crippen molar-refractivity contribution in [2.24, 2.45) is 7.05 Å². The standard InChI is InChI=1S/C18H26N6O/c1-22-16(13-23-9-2-3-10-23)20-21-17(22)14-6-5-11-24(12-14)18(25)15-7-4-8-19-15/h4,7-8,14,19H,2-3,5-6,9-13H2,1H3/t14-/m0/s1. The normalized spacial score (nSPS) is 21.8. The molecule has 134 valence electrons. The molecule has 0 spiro atoms. The number of piperidine rings is 1. The second kappa shape index (κ2) is 7.00. The summed E-state index contributed by atoms with van der Waals surface area (Å²) in [6.07, 6.45) is 6.42. The van der Waals surface area contributed by atoms with Crippen LogP contribution in [0.4, 0.5) is 0 Å². The van der Waals surface area contributed by atoms with Gasteiger partial charge in [0, 0.05) is 32.3 Å². The molecular weight excluding hydrogens is 316 g/mol. The molecule has 2 aromatic heterocycles. The number of aromatic nitrogens is 4. The Bertz CT molecular complexity index is 716. The number of nitrogens with one attached hydrogen (secondary N) is 1. The summed E-state index contributed by atoms with van der Waals surface area (Å²) in [5.74, 6) is 2.38. The van der Waals surface area contributed by atoms with E-state index < -0.39 is 0 Å². The van der Waals surface area contributed by atoms with Crippen molar-refractivity contribution in [1.82, 2.24) is 29.5 Å². The molecular formula is C18H26N6O. The quantitative estimate of drug-likeness (QED) is 0.919. The maximum atomic E-state index is 12.6. The Morgan fingerprint density at radius 2 is 2.08 bits per heavy atom. The Labute approximate surface area is 148 Å². The summed E-state index contributed by atoms with van der Waals surface area (Å²) in [6.45, 7) is 4.72. The third-order valence-electron chi connectivity index (χ3n) is 5.46. The Morgan fingerprint density at radius 3 is 2.84 bits per heavy atom. The van der Waals surface area contributed by atoms with Crippen LogP contribution in [0.25, 0.3) is 0 Å². The van der Waals surface area contributed by atoms with Crippen molar-refractivity contribution in [3.63, 3.8) is 0 Å². The fourth-order valence-corrected chi connectivity index (χ4v) is 4.02. The van der Waals surface area contributed by atoms with Gasteiger partial charge in [0.05, 0.1) is 6.54 Å². The van der Waals surface area contributed by atoms with Crippen LogP contribution in [-0.4, -0.2) is 61.6 Å². The number of rotatable bonds is 4. The van der Waals surface area contributed by atoms with E-state index in [2.05, 4.69) is 31.7 Å². The summed E-state index contributed by atoms with van der Waals surface area (Å²) in [6, 6.07) is 3.70. The molecule has 0 aromatic carbocycles. The van der Waals surface area contributed by atoms with Gasteiger partial charge in [-0.15, -0.1) is 10.2 Å². The van der Waals surface area contributed by atoms with Crippen LogP contribution in [0.5, 0.6) is 0 Å². The smallest absolute Gasteiger partial charge is 0.270 e. The summed E-state index contributed by atoms with van der Waals surface area (Å²) in [4.78, 5) is 20.0. The Morgan fingerprint density at radius 1 is 1.24 bits per heavy atom. The molecule has 2 saturated heterocycles. The molecule has 0 radical (unpaired) electrons. The molecule has 0 unspecified atom stereocenters. The number of carbonyl (C=O) groups excluding carboxylic acids is 1. The first-order chi connectivity index (χ1) is 12.2. The van der Waals surface area contributed by atoms with Crippen molar-refractivity contribution in [3.8, 4) is 0 Å². The minimum Gasteiger partial charge on any atom is -0.357 e. The van der Waals surface area contributed by atoms with Gasteiger partial charge >= 0.3 is 0 Å². The van der Waals surface area contributed by atoms with Crippen LogP contribution >= 0.6 is 0 Å². The number of H-pyrrole nitrogens is 1. The van der Waals surface area contributed by atoms with Crippen LogP contribution in [0.1, 0.15) is 53.7 Å². The van der Waals surface area contributed by atoms with E-state index in [1.54, 1.807) is 6.20 Å². The van der Waals surface area contributed by atoms with Crippen molar-refractivity contribution in [3.05, 3.63) is 35.7 Å². The highest BCUT2D eigenvalue weighted by molar-refractivity contribution is 5.92. The van der Waals surface area contributed by atoms with E-state index in [0.717, 1.165) is 50.7 Å². The fourth-order valence-electron chi connectivity index (χ4n) is 4.02. The lowest BCUT2D eigenvalue weighted by atomic mass is 9.97. The number of aromatic amines is 1.